The fourth-order valence-corrected chi connectivity index (χ4v) is 2.78. The Morgan fingerprint density at radius 1 is 1.31 bits per heavy atom. The molecular formula is C12H14ClN3. The van der Waals surface area contributed by atoms with E-state index in [9.17, 15) is 0 Å². The van der Waals surface area contributed by atoms with Crippen molar-refractivity contribution in [3.63, 3.8) is 0 Å². The monoisotopic (exact) mass is 235 g/mol. The number of rotatable bonds is 1. The van der Waals surface area contributed by atoms with E-state index in [1.54, 1.807) is 0 Å². The molecule has 1 heterocycles. The van der Waals surface area contributed by atoms with Gasteiger partial charge in [0.15, 0.2) is 0 Å². The minimum Gasteiger partial charge on any atom is -0.321 e. The highest BCUT2D eigenvalue weighted by molar-refractivity contribution is 6.34. The van der Waals surface area contributed by atoms with Crippen LogP contribution in [0.2, 0.25) is 5.15 Å². The summed E-state index contributed by atoms with van der Waals surface area (Å²) in [7, 11) is 0. The summed E-state index contributed by atoms with van der Waals surface area (Å²) in [6.45, 7) is 0. The number of halogens is 1. The lowest BCUT2D eigenvalue weighted by Gasteiger charge is -2.24. The van der Waals surface area contributed by atoms with Crippen LogP contribution in [0.1, 0.15) is 31.2 Å². The Kier molecular flexibility index (Phi) is 2.19. The molecule has 3 nitrogen and oxygen atoms in total. The molecule has 0 saturated heterocycles. The van der Waals surface area contributed by atoms with E-state index in [1.807, 2.05) is 6.07 Å². The first kappa shape index (κ1) is 10.1. The molecule has 16 heavy (non-hydrogen) atoms. The maximum Gasteiger partial charge on any atom is 0.132 e. The van der Waals surface area contributed by atoms with Crippen LogP contribution in [0.15, 0.2) is 18.2 Å². The summed E-state index contributed by atoms with van der Waals surface area (Å²) >= 11 is 6.04. The summed E-state index contributed by atoms with van der Waals surface area (Å²) in [6.07, 6.45) is 4.56. The maximum absolute atomic E-state index is 6.42. The van der Waals surface area contributed by atoms with Crippen molar-refractivity contribution in [1.82, 2.24) is 10.2 Å². The predicted octanol–water partition coefficient (Wildman–Crippen LogP) is 2.94. The molecule has 1 aromatic carbocycles. The van der Waals surface area contributed by atoms with Crippen LogP contribution in [0.25, 0.3) is 10.9 Å². The second-order valence-corrected chi connectivity index (χ2v) is 5.01. The molecule has 0 atom stereocenters. The molecule has 3 rings (SSSR count). The summed E-state index contributed by atoms with van der Waals surface area (Å²) in [6, 6.07) is 6.14. The van der Waals surface area contributed by atoms with Gasteiger partial charge in [-0.25, -0.2) is 0 Å². The molecule has 1 aliphatic rings. The van der Waals surface area contributed by atoms with Crippen molar-refractivity contribution < 1.29 is 0 Å². The van der Waals surface area contributed by atoms with Crippen molar-refractivity contribution in [2.24, 2.45) is 5.73 Å². The minimum absolute atomic E-state index is 0.158. The van der Waals surface area contributed by atoms with Crippen molar-refractivity contribution >= 4 is 22.5 Å². The van der Waals surface area contributed by atoms with Gasteiger partial charge in [-0.2, -0.15) is 5.10 Å². The Morgan fingerprint density at radius 2 is 2.06 bits per heavy atom. The van der Waals surface area contributed by atoms with Crippen LogP contribution < -0.4 is 5.73 Å². The first-order chi connectivity index (χ1) is 7.69. The largest absolute Gasteiger partial charge is 0.321 e. The van der Waals surface area contributed by atoms with Gasteiger partial charge < -0.3 is 5.73 Å². The second-order valence-electron chi connectivity index (χ2n) is 4.63. The van der Waals surface area contributed by atoms with E-state index >= 15 is 0 Å². The molecule has 0 unspecified atom stereocenters. The smallest absolute Gasteiger partial charge is 0.132 e. The molecule has 1 saturated carbocycles. The van der Waals surface area contributed by atoms with E-state index in [4.69, 9.17) is 17.3 Å². The maximum atomic E-state index is 6.42. The summed E-state index contributed by atoms with van der Waals surface area (Å²) < 4.78 is 0. The van der Waals surface area contributed by atoms with E-state index in [2.05, 4.69) is 22.3 Å². The third-order valence-electron chi connectivity index (χ3n) is 3.58. The summed E-state index contributed by atoms with van der Waals surface area (Å²) in [5.41, 5.74) is 8.34. The number of aromatic amines is 1. The lowest BCUT2D eigenvalue weighted by Crippen LogP contribution is -2.32. The summed E-state index contributed by atoms with van der Waals surface area (Å²) in [5.74, 6) is 0. The molecule has 0 spiro atoms. The fraction of sp³-hybridized carbons (Fsp3) is 0.417. The van der Waals surface area contributed by atoms with Gasteiger partial charge in [-0.3, -0.25) is 5.10 Å². The number of hydrogen-bond donors (Lipinski definition) is 2. The quantitative estimate of drug-likeness (QED) is 0.799. The van der Waals surface area contributed by atoms with Crippen LogP contribution in [0, 0.1) is 0 Å². The van der Waals surface area contributed by atoms with Gasteiger partial charge in [-0.1, -0.05) is 30.5 Å². The Balaban J connectivity index is 2.13. The van der Waals surface area contributed by atoms with Gasteiger partial charge in [-0.15, -0.1) is 0 Å². The standard InChI is InChI=1S/C12H14ClN3/c13-11-9-7-8(3-4-10(9)15-16-11)12(14)5-1-2-6-12/h3-4,7H,1-2,5-6,14H2,(H,15,16). The number of nitrogens with one attached hydrogen (secondary N) is 1. The first-order valence-electron chi connectivity index (χ1n) is 5.62. The number of H-pyrrole nitrogens is 1. The molecule has 4 heteroatoms. The molecule has 0 bridgehead atoms. The highest BCUT2D eigenvalue weighted by atomic mass is 35.5. The van der Waals surface area contributed by atoms with Gasteiger partial charge >= 0.3 is 0 Å². The molecule has 1 aromatic heterocycles. The Hall–Kier alpha value is -1.06. The van der Waals surface area contributed by atoms with Crippen LogP contribution in [-0.4, -0.2) is 10.2 Å². The van der Waals surface area contributed by atoms with Crippen LogP contribution in [0.4, 0.5) is 0 Å². The van der Waals surface area contributed by atoms with Gasteiger partial charge in [0, 0.05) is 10.9 Å². The topological polar surface area (TPSA) is 54.7 Å². The van der Waals surface area contributed by atoms with E-state index in [-0.39, 0.29) is 5.54 Å². The van der Waals surface area contributed by atoms with Crippen LogP contribution in [-0.2, 0) is 5.54 Å². The van der Waals surface area contributed by atoms with Crippen LogP contribution >= 0.6 is 11.6 Å². The average molecular weight is 236 g/mol. The van der Waals surface area contributed by atoms with Gasteiger partial charge in [0.2, 0.25) is 0 Å². The number of nitrogens with two attached hydrogens (primary N) is 1. The van der Waals surface area contributed by atoms with Gasteiger partial charge in [0.05, 0.1) is 5.52 Å². The van der Waals surface area contributed by atoms with Crippen LogP contribution in [0.3, 0.4) is 0 Å². The Labute approximate surface area is 99.0 Å². The van der Waals surface area contributed by atoms with Crippen molar-refractivity contribution in [1.29, 1.82) is 0 Å². The minimum atomic E-state index is -0.158. The molecular weight excluding hydrogens is 222 g/mol. The molecule has 3 N–H and O–H groups in total. The Morgan fingerprint density at radius 3 is 2.81 bits per heavy atom. The third-order valence-corrected chi connectivity index (χ3v) is 3.87. The average Bonchev–Trinajstić information content (AvgIpc) is 2.87. The first-order valence-corrected chi connectivity index (χ1v) is 6.00. The Bertz CT molecular complexity index is 526. The molecule has 2 aromatic rings. The highest BCUT2D eigenvalue weighted by Gasteiger charge is 2.31. The second kappa shape index (κ2) is 3.47. The highest BCUT2D eigenvalue weighted by Crippen LogP contribution is 2.37. The molecule has 1 aliphatic carbocycles. The van der Waals surface area contributed by atoms with E-state index in [0.29, 0.717) is 5.15 Å². The molecule has 1 fully saturated rings. The summed E-state index contributed by atoms with van der Waals surface area (Å²) in [5, 5.41) is 8.46. The zero-order valence-corrected chi connectivity index (χ0v) is 9.72. The van der Waals surface area contributed by atoms with Crippen molar-refractivity contribution in [3.8, 4) is 0 Å². The fourth-order valence-electron chi connectivity index (χ4n) is 2.58. The van der Waals surface area contributed by atoms with E-state index in [0.717, 1.165) is 23.7 Å². The van der Waals surface area contributed by atoms with Crippen molar-refractivity contribution in [3.05, 3.63) is 28.9 Å². The number of nitrogens with zero attached hydrogens (tertiary/aromatic N) is 1. The SMILES string of the molecule is NC1(c2ccc3n[nH]c(Cl)c3c2)CCCC1. The number of fused-ring (bicyclic) bond motifs is 1. The molecule has 0 aliphatic heterocycles. The van der Waals surface area contributed by atoms with Gasteiger partial charge in [0.1, 0.15) is 5.15 Å². The van der Waals surface area contributed by atoms with Gasteiger partial charge in [0.25, 0.3) is 0 Å². The number of benzene rings is 1. The lowest BCUT2D eigenvalue weighted by molar-refractivity contribution is 0.462. The van der Waals surface area contributed by atoms with E-state index in [1.165, 1.54) is 18.4 Å². The summed E-state index contributed by atoms with van der Waals surface area (Å²) in [4.78, 5) is 0. The third kappa shape index (κ3) is 1.43. The molecule has 0 amide bonds. The normalized spacial score (nSPS) is 19.4. The lowest BCUT2D eigenvalue weighted by atomic mass is 9.89. The van der Waals surface area contributed by atoms with Crippen molar-refractivity contribution in [2.45, 2.75) is 31.2 Å². The number of hydrogen-bond acceptors (Lipinski definition) is 2. The number of aromatic nitrogens is 2. The zero-order chi connectivity index (χ0) is 11.2. The molecule has 0 radical (unpaired) electrons. The van der Waals surface area contributed by atoms with E-state index < -0.39 is 0 Å². The van der Waals surface area contributed by atoms with Crippen molar-refractivity contribution in [2.75, 3.05) is 0 Å². The van der Waals surface area contributed by atoms with Gasteiger partial charge in [-0.05, 0) is 30.5 Å². The predicted molar refractivity (Wildman–Crippen MR) is 65.4 cm³/mol. The molecule has 84 valence electrons. The zero-order valence-electron chi connectivity index (χ0n) is 8.96. The van der Waals surface area contributed by atoms with Crippen LogP contribution in [0.5, 0.6) is 0 Å².